The van der Waals surface area contributed by atoms with Gasteiger partial charge in [0, 0.05) is 30.0 Å². The number of fused-ring (bicyclic) bond motifs is 3. The fraction of sp³-hybridized carbons (Fsp3) is 0.269. The van der Waals surface area contributed by atoms with Crippen LogP contribution in [-0.2, 0) is 27.3 Å². The molecule has 8 N–H and O–H groups in total. The zero-order valence-corrected chi connectivity index (χ0v) is 18.6. The van der Waals surface area contributed by atoms with Gasteiger partial charge in [0.25, 0.3) is 5.91 Å². The second-order valence-corrected chi connectivity index (χ2v) is 9.26. The summed E-state index contributed by atoms with van der Waals surface area (Å²) >= 11 is 0. The summed E-state index contributed by atoms with van der Waals surface area (Å²) in [6.45, 7) is -0.0292. The van der Waals surface area contributed by atoms with Crippen molar-refractivity contribution in [3.8, 4) is 16.9 Å². The van der Waals surface area contributed by atoms with E-state index in [2.05, 4.69) is 0 Å². The van der Waals surface area contributed by atoms with Gasteiger partial charge in [0.2, 0.25) is 5.78 Å². The van der Waals surface area contributed by atoms with Crippen LogP contribution in [0.1, 0.15) is 29.5 Å². The van der Waals surface area contributed by atoms with E-state index in [4.69, 9.17) is 11.5 Å². The van der Waals surface area contributed by atoms with E-state index in [1.54, 1.807) is 6.07 Å². The molecule has 9 nitrogen and oxygen atoms in total. The third-order valence-corrected chi connectivity index (χ3v) is 7.45. The summed E-state index contributed by atoms with van der Waals surface area (Å²) in [5, 5.41) is 44.2. The Morgan fingerprint density at radius 2 is 1.77 bits per heavy atom. The molecular weight excluding hydrogens is 452 g/mol. The fourth-order valence-electron chi connectivity index (χ4n) is 5.78. The largest absolute Gasteiger partial charge is 0.508 e. The van der Waals surface area contributed by atoms with E-state index in [-0.39, 0.29) is 42.7 Å². The first kappa shape index (κ1) is 22.8. The van der Waals surface area contributed by atoms with Crippen molar-refractivity contribution < 1.29 is 34.8 Å². The maximum Gasteiger partial charge on any atom is 0.255 e. The van der Waals surface area contributed by atoms with Crippen LogP contribution in [0, 0.1) is 11.8 Å². The van der Waals surface area contributed by atoms with Gasteiger partial charge in [-0.2, -0.15) is 0 Å². The minimum Gasteiger partial charge on any atom is -0.508 e. The van der Waals surface area contributed by atoms with Crippen LogP contribution in [0.25, 0.3) is 16.9 Å². The van der Waals surface area contributed by atoms with Crippen LogP contribution in [-0.4, -0.2) is 43.5 Å². The van der Waals surface area contributed by atoms with Crippen molar-refractivity contribution in [3.63, 3.8) is 0 Å². The van der Waals surface area contributed by atoms with Gasteiger partial charge < -0.3 is 31.9 Å². The number of rotatable bonds is 3. The molecule has 2 aromatic carbocycles. The first-order chi connectivity index (χ1) is 16.6. The number of primary amides is 1. The van der Waals surface area contributed by atoms with E-state index in [0.717, 1.165) is 11.1 Å². The third kappa shape index (κ3) is 3.05. The van der Waals surface area contributed by atoms with Crippen molar-refractivity contribution in [1.29, 1.82) is 0 Å². The number of ketones is 2. The number of benzene rings is 2. The molecular formula is C26H24N2O7. The number of carbonyl (C=O) groups excluding carboxylic acids is 3. The molecule has 0 heterocycles. The highest BCUT2D eigenvalue weighted by molar-refractivity contribution is 6.22. The fourth-order valence-corrected chi connectivity index (χ4v) is 5.78. The molecule has 1 saturated carbocycles. The van der Waals surface area contributed by atoms with E-state index in [1.807, 2.05) is 30.3 Å². The Morgan fingerprint density at radius 1 is 1.09 bits per heavy atom. The molecule has 0 aromatic heterocycles. The van der Waals surface area contributed by atoms with E-state index >= 15 is 0 Å². The zero-order chi connectivity index (χ0) is 25.2. The zero-order valence-electron chi connectivity index (χ0n) is 18.6. The van der Waals surface area contributed by atoms with E-state index in [0.29, 0.717) is 11.1 Å². The van der Waals surface area contributed by atoms with Crippen molar-refractivity contribution in [2.45, 2.75) is 31.4 Å². The van der Waals surface area contributed by atoms with Gasteiger partial charge in [-0.05, 0) is 41.5 Å². The van der Waals surface area contributed by atoms with Crippen molar-refractivity contribution in [1.82, 2.24) is 0 Å². The second-order valence-electron chi connectivity index (χ2n) is 9.26. The minimum atomic E-state index is -2.58. The number of carbonyl (C=O) groups is 3. The molecule has 1 fully saturated rings. The molecule has 2 aromatic rings. The Hall–Kier alpha value is -3.95. The average Bonchev–Trinajstić information content (AvgIpc) is 2.82. The predicted molar refractivity (Wildman–Crippen MR) is 125 cm³/mol. The van der Waals surface area contributed by atoms with Crippen LogP contribution >= 0.6 is 0 Å². The summed E-state index contributed by atoms with van der Waals surface area (Å²) in [7, 11) is 0. The molecule has 0 bridgehead atoms. The average molecular weight is 476 g/mol. The maximum absolute atomic E-state index is 13.6. The monoisotopic (exact) mass is 476 g/mol. The number of hydrogen-bond donors (Lipinski definition) is 6. The van der Waals surface area contributed by atoms with Gasteiger partial charge in [-0.3, -0.25) is 14.4 Å². The molecule has 3 unspecified atom stereocenters. The van der Waals surface area contributed by atoms with Gasteiger partial charge in [0.1, 0.15) is 22.8 Å². The van der Waals surface area contributed by atoms with E-state index in [9.17, 15) is 34.8 Å². The summed E-state index contributed by atoms with van der Waals surface area (Å²) in [6.07, 6.45) is -0.0432. The SMILES string of the molecule is NCc1cc(-c2ccccc2)c2c(c1O)C(O)=C1C(=O)C3(O)C(O)=C(C(N)=O)C(=O)CC3CC1C2. The quantitative estimate of drug-likeness (QED) is 0.360. The molecule has 9 heteroatoms. The third-order valence-electron chi connectivity index (χ3n) is 7.45. The van der Waals surface area contributed by atoms with Crippen LogP contribution in [0.15, 0.2) is 53.3 Å². The number of phenols is 1. The smallest absolute Gasteiger partial charge is 0.255 e. The number of Topliss-reactive ketones (excluding diaryl/α,β-unsaturated/α-hetero) is 2. The molecule has 1 amide bonds. The van der Waals surface area contributed by atoms with Crippen LogP contribution in [0.5, 0.6) is 5.75 Å². The van der Waals surface area contributed by atoms with Gasteiger partial charge in [-0.25, -0.2) is 0 Å². The Kier molecular flexibility index (Phi) is 5.08. The predicted octanol–water partition coefficient (Wildman–Crippen LogP) is 1.55. The van der Waals surface area contributed by atoms with Crippen LogP contribution in [0.2, 0.25) is 0 Å². The second kappa shape index (κ2) is 7.79. The van der Waals surface area contributed by atoms with Crippen molar-refractivity contribution >= 4 is 23.2 Å². The highest BCUT2D eigenvalue weighted by atomic mass is 16.3. The lowest BCUT2D eigenvalue weighted by Gasteiger charge is -2.46. The van der Waals surface area contributed by atoms with Gasteiger partial charge >= 0.3 is 0 Å². The number of aliphatic hydroxyl groups excluding tert-OH is 2. The molecule has 3 aliphatic carbocycles. The van der Waals surface area contributed by atoms with Crippen LogP contribution < -0.4 is 11.5 Å². The Labute approximate surface area is 200 Å². The Balaban J connectivity index is 1.75. The Morgan fingerprint density at radius 3 is 2.40 bits per heavy atom. The summed E-state index contributed by atoms with van der Waals surface area (Å²) < 4.78 is 0. The van der Waals surface area contributed by atoms with Crippen molar-refractivity contribution in [2.75, 3.05) is 0 Å². The Bertz CT molecular complexity index is 1380. The molecule has 180 valence electrons. The molecule has 0 radical (unpaired) electrons. The molecule has 35 heavy (non-hydrogen) atoms. The van der Waals surface area contributed by atoms with Crippen LogP contribution in [0.3, 0.4) is 0 Å². The van der Waals surface area contributed by atoms with Gasteiger partial charge in [0.15, 0.2) is 11.4 Å². The number of phenolic OH excluding ortho intramolecular Hbond substituents is 1. The summed E-state index contributed by atoms with van der Waals surface area (Å²) in [5.74, 6) is -6.52. The summed E-state index contributed by atoms with van der Waals surface area (Å²) in [5.41, 5.74) is 10.0. The maximum atomic E-state index is 13.6. The molecule has 3 aliphatic rings. The van der Waals surface area contributed by atoms with Gasteiger partial charge in [-0.1, -0.05) is 30.3 Å². The summed E-state index contributed by atoms with van der Waals surface area (Å²) in [6, 6.07) is 11.1. The minimum absolute atomic E-state index is 0.0292. The number of amides is 1. The standard InChI is InChI=1S/C26H24N2O7/c27-10-13-8-15(11-4-2-1-3-5-11)16-7-12-6-14-9-17(29)20(25(28)34)24(33)26(14,35)23(32)18(12)22(31)19(16)21(13)30/h1-5,8,12,14,30-31,33,35H,6-7,9-10,27H2,(H2,28,34). The first-order valence-corrected chi connectivity index (χ1v) is 11.2. The highest BCUT2D eigenvalue weighted by Gasteiger charge is 2.60. The molecule has 0 saturated heterocycles. The number of aromatic hydroxyl groups is 1. The normalized spacial score (nSPS) is 25.8. The van der Waals surface area contributed by atoms with E-state index < -0.39 is 52.0 Å². The van der Waals surface area contributed by atoms with Gasteiger partial charge in [0.05, 0.1) is 5.56 Å². The summed E-state index contributed by atoms with van der Waals surface area (Å²) in [4.78, 5) is 37.8. The lowest BCUT2D eigenvalue weighted by Crippen LogP contribution is -2.58. The first-order valence-electron chi connectivity index (χ1n) is 11.2. The number of aliphatic hydroxyl groups is 3. The van der Waals surface area contributed by atoms with E-state index in [1.165, 1.54) is 0 Å². The van der Waals surface area contributed by atoms with Crippen LogP contribution in [0.4, 0.5) is 0 Å². The van der Waals surface area contributed by atoms with Gasteiger partial charge in [-0.15, -0.1) is 0 Å². The van der Waals surface area contributed by atoms with Crippen molar-refractivity contribution in [2.24, 2.45) is 23.3 Å². The molecule has 0 spiro atoms. The lowest BCUT2D eigenvalue weighted by molar-refractivity contribution is -0.147. The molecule has 0 aliphatic heterocycles. The molecule has 3 atom stereocenters. The molecule has 5 rings (SSSR count). The number of hydrogen-bond acceptors (Lipinski definition) is 8. The topological polar surface area (TPSA) is 184 Å². The highest BCUT2D eigenvalue weighted by Crippen LogP contribution is 2.53. The lowest BCUT2D eigenvalue weighted by atomic mass is 9.59. The number of nitrogens with two attached hydrogens (primary N) is 2. The van der Waals surface area contributed by atoms with Crippen molar-refractivity contribution in [3.05, 3.63) is 70.0 Å².